The second kappa shape index (κ2) is 7.76. The lowest BCUT2D eigenvalue weighted by molar-refractivity contribution is -0.145. The van der Waals surface area contributed by atoms with Crippen molar-refractivity contribution < 1.29 is 23.8 Å². The number of carbonyl (C=O) groups excluding carboxylic acids is 2. The van der Waals surface area contributed by atoms with Gasteiger partial charge in [0.05, 0.1) is 11.5 Å². The van der Waals surface area contributed by atoms with Gasteiger partial charge in [-0.05, 0) is 42.1 Å². The van der Waals surface area contributed by atoms with Crippen LogP contribution in [0.4, 0.5) is 0 Å². The maximum Gasteiger partial charge on any atom is 0.363 e. The van der Waals surface area contributed by atoms with Gasteiger partial charge in [0.25, 0.3) is 0 Å². The molecule has 2 heterocycles. The SMILES string of the molecule is CCOC(=O)COc1cccc(C=C2N=C(c3cccs3)OC2=O)c1. The highest BCUT2D eigenvalue weighted by molar-refractivity contribution is 7.12. The molecular formula is C18H15NO5S. The number of ether oxygens (including phenoxy) is 3. The van der Waals surface area contributed by atoms with E-state index >= 15 is 0 Å². The van der Waals surface area contributed by atoms with Gasteiger partial charge in [0.15, 0.2) is 12.3 Å². The van der Waals surface area contributed by atoms with Crippen LogP contribution in [0, 0.1) is 0 Å². The maximum atomic E-state index is 12.0. The van der Waals surface area contributed by atoms with Crippen molar-refractivity contribution in [2.75, 3.05) is 13.2 Å². The third-order valence-corrected chi connectivity index (χ3v) is 4.03. The van der Waals surface area contributed by atoms with Crippen LogP contribution in [0.25, 0.3) is 6.08 Å². The third-order valence-electron chi connectivity index (χ3n) is 3.18. The molecule has 0 spiro atoms. The van der Waals surface area contributed by atoms with E-state index in [2.05, 4.69) is 4.99 Å². The molecule has 3 rings (SSSR count). The summed E-state index contributed by atoms with van der Waals surface area (Å²) in [5, 5.41) is 1.89. The van der Waals surface area contributed by atoms with Crippen molar-refractivity contribution in [1.82, 2.24) is 0 Å². The van der Waals surface area contributed by atoms with Crippen LogP contribution in [-0.4, -0.2) is 31.1 Å². The summed E-state index contributed by atoms with van der Waals surface area (Å²) in [6.07, 6.45) is 1.61. The fourth-order valence-electron chi connectivity index (χ4n) is 2.11. The number of rotatable bonds is 6. The predicted molar refractivity (Wildman–Crippen MR) is 93.5 cm³/mol. The number of nitrogens with zero attached hydrogens (tertiary/aromatic N) is 1. The molecule has 6 nitrogen and oxygen atoms in total. The van der Waals surface area contributed by atoms with Gasteiger partial charge >= 0.3 is 11.9 Å². The van der Waals surface area contributed by atoms with Crippen LogP contribution in [0.1, 0.15) is 17.4 Å². The minimum atomic E-state index is -0.499. The molecule has 0 aliphatic carbocycles. The molecule has 0 N–H and O–H groups in total. The minimum absolute atomic E-state index is 0.170. The lowest BCUT2D eigenvalue weighted by atomic mass is 10.2. The quantitative estimate of drug-likeness (QED) is 0.587. The van der Waals surface area contributed by atoms with Crippen molar-refractivity contribution in [3.05, 3.63) is 57.9 Å². The summed E-state index contributed by atoms with van der Waals surface area (Å²) in [6.45, 7) is 1.87. The Morgan fingerprint density at radius 3 is 2.96 bits per heavy atom. The van der Waals surface area contributed by atoms with Crippen molar-refractivity contribution in [2.45, 2.75) is 6.92 Å². The molecule has 0 saturated heterocycles. The first-order valence-corrected chi connectivity index (χ1v) is 8.48. The smallest absolute Gasteiger partial charge is 0.363 e. The molecule has 0 atom stereocenters. The molecule has 1 aliphatic rings. The molecule has 128 valence electrons. The van der Waals surface area contributed by atoms with Crippen LogP contribution >= 0.6 is 11.3 Å². The zero-order valence-electron chi connectivity index (χ0n) is 13.4. The van der Waals surface area contributed by atoms with Crippen LogP contribution in [0.2, 0.25) is 0 Å². The monoisotopic (exact) mass is 357 g/mol. The molecule has 2 aromatic rings. The topological polar surface area (TPSA) is 74.2 Å². The van der Waals surface area contributed by atoms with Crippen molar-refractivity contribution in [3.8, 4) is 5.75 Å². The number of hydrogen-bond acceptors (Lipinski definition) is 7. The minimum Gasteiger partial charge on any atom is -0.482 e. The molecule has 1 aliphatic heterocycles. The molecule has 25 heavy (non-hydrogen) atoms. The molecule has 1 aromatic heterocycles. The van der Waals surface area contributed by atoms with Gasteiger partial charge in [-0.1, -0.05) is 18.2 Å². The number of hydrogen-bond donors (Lipinski definition) is 0. The second-order valence-corrected chi connectivity index (χ2v) is 5.93. The third kappa shape index (κ3) is 4.33. The van der Waals surface area contributed by atoms with Crippen molar-refractivity contribution in [1.29, 1.82) is 0 Å². The van der Waals surface area contributed by atoms with E-state index in [1.165, 1.54) is 11.3 Å². The van der Waals surface area contributed by atoms with E-state index in [0.29, 0.717) is 23.8 Å². The Kier molecular flexibility index (Phi) is 5.25. The number of esters is 2. The number of aliphatic imine (C=N–C) groups is 1. The molecule has 0 radical (unpaired) electrons. The molecule has 0 saturated carbocycles. The Morgan fingerprint density at radius 2 is 2.20 bits per heavy atom. The molecule has 0 bridgehead atoms. The van der Waals surface area contributed by atoms with Gasteiger partial charge in [0.2, 0.25) is 5.90 Å². The summed E-state index contributed by atoms with van der Waals surface area (Å²) in [4.78, 5) is 28.3. The molecular weight excluding hydrogens is 342 g/mol. The van der Waals surface area contributed by atoms with Crippen molar-refractivity contribution in [3.63, 3.8) is 0 Å². The van der Waals surface area contributed by atoms with Gasteiger partial charge in [-0.2, -0.15) is 0 Å². The number of benzene rings is 1. The number of cyclic esters (lactones) is 1. The van der Waals surface area contributed by atoms with E-state index in [1.807, 2.05) is 17.5 Å². The molecule has 1 aromatic carbocycles. The molecule has 0 amide bonds. The van der Waals surface area contributed by atoms with Gasteiger partial charge in [0.1, 0.15) is 5.75 Å². The first kappa shape index (κ1) is 16.9. The van der Waals surface area contributed by atoms with Crippen LogP contribution in [0.3, 0.4) is 0 Å². The van der Waals surface area contributed by atoms with Crippen LogP contribution in [-0.2, 0) is 19.1 Å². The van der Waals surface area contributed by atoms with Gasteiger partial charge in [-0.25, -0.2) is 14.6 Å². The highest BCUT2D eigenvalue weighted by Gasteiger charge is 2.24. The van der Waals surface area contributed by atoms with E-state index in [0.717, 1.165) is 4.88 Å². The summed E-state index contributed by atoms with van der Waals surface area (Å²) >= 11 is 1.45. The first-order chi connectivity index (χ1) is 12.2. The Morgan fingerprint density at radius 1 is 1.32 bits per heavy atom. The maximum absolute atomic E-state index is 12.0. The fraction of sp³-hybridized carbons (Fsp3) is 0.167. The standard InChI is InChI=1S/C18H15NO5S/c1-2-22-16(20)11-23-13-6-3-5-12(9-13)10-14-18(21)24-17(19-14)15-7-4-8-25-15/h3-10H,2,11H2,1H3. The predicted octanol–water partition coefficient (Wildman–Crippen LogP) is 3.03. The zero-order valence-corrected chi connectivity index (χ0v) is 14.2. The highest BCUT2D eigenvalue weighted by atomic mass is 32.1. The van der Waals surface area contributed by atoms with Crippen LogP contribution in [0.5, 0.6) is 5.75 Å². The summed E-state index contributed by atoms with van der Waals surface area (Å²) in [5.41, 5.74) is 0.926. The lowest BCUT2D eigenvalue weighted by Gasteiger charge is -2.06. The lowest BCUT2D eigenvalue weighted by Crippen LogP contribution is -2.14. The average molecular weight is 357 g/mol. The van der Waals surface area contributed by atoms with Crippen LogP contribution < -0.4 is 4.74 Å². The van der Waals surface area contributed by atoms with E-state index in [9.17, 15) is 9.59 Å². The van der Waals surface area contributed by atoms with Gasteiger partial charge in [-0.3, -0.25) is 0 Å². The molecule has 0 fully saturated rings. The summed E-state index contributed by atoms with van der Waals surface area (Å²) in [5.74, 6) is -0.130. The van der Waals surface area contributed by atoms with E-state index in [1.54, 1.807) is 37.3 Å². The Balaban J connectivity index is 1.74. The van der Waals surface area contributed by atoms with Gasteiger partial charge < -0.3 is 14.2 Å². The number of thiophene rings is 1. The molecule has 7 heteroatoms. The second-order valence-electron chi connectivity index (χ2n) is 4.98. The fourth-order valence-corrected chi connectivity index (χ4v) is 2.76. The normalized spacial score (nSPS) is 15.0. The Labute approximate surface area is 148 Å². The summed E-state index contributed by atoms with van der Waals surface area (Å²) in [6, 6.07) is 10.7. The summed E-state index contributed by atoms with van der Waals surface area (Å²) in [7, 11) is 0. The average Bonchev–Trinajstić information content (AvgIpc) is 3.24. The van der Waals surface area contributed by atoms with E-state index in [4.69, 9.17) is 14.2 Å². The van der Waals surface area contributed by atoms with E-state index < -0.39 is 11.9 Å². The Bertz CT molecular complexity index is 839. The van der Waals surface area contributed by atoms with Crippen molar-refractivity contribution in [2.24, 2.45) is 4.99 Å². The zero-order chi connectivity index (χ0) is 17.6. The number of carbonyl (C=O) groups is 2. The van der Waals surface area contributed by atoms with Crippen molar-refractivity contribution >= 4 is 35.2 Å². The van der Waals surface area contributed by atoms with Gasteiger partial charge in [0, 0.05) is 0 Å². The Hall–Kier alpha value is -2.93. The van der Waals surface area contributed by atoms with Crippen LogP contribution in [0.15, 0.2) is 52.5 Å². The molecule has 0 unspecified atom stereocenters. The largest absolute Gasteiger partial charge is 0.482 e. The van der Waals surface area contributed by atoms with E-state index in [-0.39, 0.29) is 12.3 Å². The highest BCUT2D eigenvalue weighted by Crippen LogP contribution is 2.23. The summed E-state index contributed by atoms with van der Waals surface area (Å²) < 4.78 is 15.4. The first-order valence-electron chi connectivity index (χ1n) is 7.60. The van der Waals surface area contributed by atoms with Gasteiger partial charge in [-0.15, -0.1) is 11.3 Å².